The highest BCUT2D eigenvalue weighted by Gasteiger charge is 2.14. The summed E-state index contributed by atoms with van der Waals surface area (Å²) in [4.78, 5) is 28.5. The summed E-state index contributed by atoms with van der Waals surface area (Å²) in [5.74, 6) is -1.01. The lowest BCUT2D eigenvalue weighted by atomic mass is 10.4. The average molecular weight is 354 g/mol. The van der Waals surface area contributed by atoms with Gasteiger partial charge in [0.2, 0.25) is 5.28 Å². The van der Waals surface area contributed by atoms with Crippen molar-refractivity contribution < 1.29 is 9.90 Å². The predicted molar refractivity (Wildman–Crippen MR) is 65.7 cm³/mol. The van der Waals surface area contributed by atoms with E-state index >= 15 is 0 Å². The molecule has 0 aliphatic carbocycles. The molecule has 0 bridgehead atoms. The van der Waals surface area contributed by atoms with Crippen molar-refractivity contribution in [2.75, 3.05) is 0 Å². The largest absolute Gasteiger partial charge is 0.480 e. The molecule has 0 aliphatic heterocycles. The quantitative estimate of drug-likeness (QED) is 0.624. The Morgan fingerprint density at radius 3 is 3.00 bits per heavy atom. The van der Waals surface area contributed by atoms with E-state index in [9.17, 15) is 9.59 Å². The first-order valence-corrected chi connectivity index (χ1v) is 5.60. The molecule has 0 saturated carbocycles. The van der Waals surface area contributed by atoms with Crippen molar-refractivity contribution in [1.29, 1.82) is 0 Å². The second-order valence-corrected chi connectivity index (χ2v) is 4.57. The van der Waals surface area contributed by atoms with Gasteiger partial charge >= 0.3 is 5.97 Å². The van der Waals surface area contributed by atoms with E-state index in [0.717, 1.165) is 0 Å². The first-order chi connectivity index (χ1) is 7.49. The topological polar surface area (TPSA) is 88.0 Å². The Hall–Kier alpha value is -1.09. The number of aliphatic carboxylic acids is 1. The van der Waals surface area contributed by atoms with Gasteiger partial charge in [-0.15, -0.1) is 0 Å². The van der Waals surface area contributed by atoms with Crippen LogP contribution in [0.3, 0.4) is 0 Å². The summed E-state index contributed by atoms with van der Waals surface area (Å²) in [5.41, 5.74) is -0.0934. The van der Waals surface area contributed by atoms with Gasteiger partial charge in [0, 0.05) is 9.77 Å². The zero-order valence-corrected chi connectivity index (χ0v) is 10.6. The summed E-state index contributed by atoms with van der Waals surface area (Å²) in [6.07, 6.45) is 1.55. The van der Waals surface area contributed by atoms with Crippen molar-refractivity contribution in [1.82, 2.24) is 14.5 Å². The van der Waals surface area contributed by atoms with E-state index in [-0.39, 0.29) is 23.0 Å². The van der Waals surface area contributed by atoms with Gasteiger partial charge in [0.1, 0.15) is 6.54 Å². The van der Waals surface area contributed by atoms with Crippen LogP contribution >= 0.6 is 34.2 Å². The standard InChI is InChI=1S/C8H5ClIN3O3/c9-8-11-6-5(7(16)12-8)3(10)1-13(6)2-4(14)15/h1H,2H2,(H,14,15)(H,11,12,16). The minimum atomic E-state index is -1.01. The number of rotatable bonds is 2. The Bertz CT molecular complexity index is 633. The molecule has 6 nitrogen and oxygen atoms in total. The molecule has 16 heavy (non-hydrogen) atoms. The molecule has 0 atom stereocenters. The number of fused-ring (bicyclic) bond motifs is 1. The van der Waals surface area contributed by atoms with E-state index in [2.05, 4.69) is 9.97 Å². The smallest absolute Gasteiger partial charge is 0.323 e. The Morgan fingerprint density at radius 1 is 1.69 bits per heavy atom. The fraction of sp³-hybridized carbons (Fsp3) is 0.125. The predicted octanol–water partition coefficient (Wildman–Crippen LogP) is 1.07. The molecule has 0 saturated heterocycles. The summed E-state index contributed by atoms with van der Waals surface area (Å²) in [7, 11) is 0. The van der Waals surface area contributed by atoms with Crippen LogP contribution < -0.4 is 5.56 Å². The lowest BCUT2D eigenvalue weighted by Gasteiger charge is -1.99. The second kappa shape index (κ2) is 4.06. The van der Waals surface area contributed by atoms with Gasteiger partial charge in [-0.25, -0.2) is 4.98 Å². The highest BCUT2D eigenvalue weighted by Crippen LogP contribution is 2.18. The van der Waals surface area contributed by atoms with Crippen LogP contribution in [0.2, 0.25) is 5.28 Å². The van der Waals surface area contributed by atoms with Gasteiger partial charge in [-0.2, -0.15) is 0 Å². The van der Waals surface area contributed by atoms with Gasteiger partial charge in [0.15, 0.2) is 5.65 Å². The first kappa shape index (κ1) is 11.4. The summed E-state index contributed by atoms with van der Waals surface area (Å²) >= 11 is 7.56. The molecule has 2 rings (SSSR count). The lowest BCUT2D eigenvalue weighted by molar-refractivity contribution is -0.137. The number of aromatic nitrogens is 3. The number of carboxylic acid groups (broad SMARTS) is 1. The number of hydrogen-bond donors (Lipinski definition) is 2. The zero-order valence-electron chi connectivity index (χ0n) is 7.70. The van der Waals surface area contributed by atoms with Crippen LogP contribution in [-0.4, -0.2) is 25.6 Å². The third kappa shape index (κ3) is 1.92. The molecule has 0 aliphatic rings. The zero-order chi connectivity index (χ0) is 11.9. The normalized spacial score (nSPS) is 10.9. The van der Waals surface area contributed by atoms with Gasteiger partial charge in [-0.05, 0) is 34.2 Å². The maximum Gasteiger partial charge on any atom is 0.323 e. The highest BCUT2D eigenvalue weighted by molar-refractivity contribution is 14.1. The van der Waals surface area contributed by atoms with Crippen molar-refractivity contribution in [2.24, 2.45) is 0 Å². The van der Waals surface area contributed by atoms with Crippen LogP contribution in [0.25, 0.3) is 11.0 Å². The molecule has 0 amide bonds. The number of nitrogens with zero attached hydrogens (tertiary/aromatic N) is 2. The summed E-state index contributed by atoms with van der Waals surface area (Å²) in [5, 5.41) is 9.00. The Kier molecular flexibility index (Phi) is 2.89. The summed E-state index contributed by atoms with van der Waals surface area (Å²) in [6, 6.07) is 0. The molecule has 8 heteroatoms. The Balaban J connectivity index is 2.78. The first-order valence-electron chi connectivity index (χ1n) is 4.15. The van der Waals surface area contributed by atoms with Crippen LogP contribution in [-0.2, 0) is 11.3 Å². The summed E-state index contributed by atoms with van der Waals surface area (Å²) in [6.45, 7) is -0.258. The van der Waals surface area contributed by atoms with Gasteiger partial charge in [-0.1, -0.05) is 0 Å². The number of carboxylic acids is 1. The van der Waals surface area contributed by atoms with E-state index in [4.69, 9.17) is 16.7 Å². The fourth-order valence-electron chi connectivity index (χ4n) is 1.39. The molecular weight excluding hydrogens is 348 g/mol. The second-order valence-electron chi connectivity index (χ2n) is 3.05. The van der Waals surface area contributed by atoms with Crippen LogP contribution in [0, 0.1) is 3.57 Å². The molecule has 2 aromatic heterocycles. The summed E-state index contributed by atoms with van der Waals surface area (Å²) < 4.78 is 2.01. The minimum Gasteiger partial charge on any atom is -0.480 e. The number of nitrogens with one attached hydrogen (secondary N) is 1. The van der Waals surface area contributed by atoms with E-state index < -0.39 is 5.97 Å². The average Bonchev–Trinajstić information content (AvgIpc) is 2.41. The van der Waals surface area contributed by atoms with Crippen molar-refractivity contribution in [3.63, 3.8) is 0 Å². The van der Waals surface area contributed by atoms with Crippen molar-refractivity contribution in [3.05, 3.63) is 25.4 Å². The van der Waals surface area contributed by atoms with E-state index in [1.54, 1.807) is 6.20 Å². The monoisotopic (exact) mass is 353 g/mol. The van der Waals surface area contributed by atoms with E-state index in [1.165, 1.54) is 4.57 Å². The van der Waals surface area contributed by atoms with Crippen molar-refractivity contribution >= 4 is 51.2 Å². The van der Waals surface area contributed by atoms with Gasteiger partial charge in [0.05, 0.1) is 5.39 Å². The van der Waals surface area contributed by atoms with E-state index in [1.807, 2.05) is 22.6 Å². The maximum atomic E-state index is 11.6. The fourth-order valence-corrected chi connectivity index (χ4v) is 2.37. The molecule has 0 fully saturated rings. The van der Waals surface area contributed by atoms with Crippen LogP contribution in [0.5, 0.6) is 0 Å². The molecule has 84 valence electrons. The van der Waals surface area contributed by atoms with Crippen LogP contribution in [0.15, 0.2) is 11.0 Å². The molecule has 2 heterocycles. The van der Waals surface area contributed by atoms with Crippen LogP contribution in [0.1, 0.15) is 0 Å². The Labute approximate surface area is 107 Å². The molecule has 0 spiro atoms. The van der Waals surface area contributed by atoms with Gasteiger partial charge in [-0.3, -0.25) is 14.6 Å². The van der Waals surface area contributed by atoms with Crippen molar-refractivity contribution in [3.8, 4) is 0 Å². The maximum absolute atomic E-state index is 11.6. The Morgan fingerprint density at radius 2 is 2.38 bits per heavy atom. The molecule has 0 unspecified atom stereocenters. The third-order valence-electron chi connectivity index (χ3n) is 1.96. The number of hydrogen-bond acceptors (Lipinski definition) is 3. The third-order valence-corrected chi connectivity index (χ3v) is 2.95. The van der Waals surface area contributed by atoms with Crippen molar-refractivity contribution in [2.45, 2.75) is 6.54 Å². The number of H-pyrrole nitrogens is 1. The molecule has 2 aromatic rings. The van der Waals surface area contributed by atoms with Gasteiger partial charge in [0.25, 0.3) is 5.56 Å². The lowest BCUT2D eigenvalue weighted by Crippen LogP contribution is -2.11. The SMILES string of the molecule is O=C(O)Cn1cc(I)c2c(=O)[nH]c(Cl)nc21. The molecular formula is C8H5ClIN3O3. The molecule has 0 aromatic carbocycles. The molecule has 0 radical (unpaired) electrons. The highest BCUT2D eigenvalue weighted by atomic mass is 127. The number of carbonyl (C=O) groups is 1. The minimum absolute atomic E-state index is 0.0568. The van der Waals surface area contributed by atoms with Crippen LogP contribution in [0.4, 0.5) is 0 Å². The molecule has 2 N–H and O–H groups in total. The van der Waals surface area contributed by atoms with E-state index in [0.29, 0.717) is 8.96 Å². The van der Waals surface area contributed by atoms with Gasteiger partial charge < -0.3 is 9.67 Å². The number of halogens is 2. The number of aromatic amines is 1.